The first kappa shape index (κ1) is 18.8. The summed E-state index contributed by atoms with van der Waals surface area (Å²) in [7, 11) is 1.58. The van der Waals surface area contributed by atoms with Crippen LogP contribution in [0.2, 0.25) is 0 Å². The lowest BCUT2D eigenvalue weighted by molar-refractivity contribution is -0.124. The zero-order chi connectivity index (χ0) is 18.5. The van der Waals surface area contributed by atoms with Gasteiger partial charge in [-0.3, -0.25) is 19.4 Å². The molecule has 0 spiro atoms. The van der Waals surface area contributed by atoms with Crippen LogP contribution in [0.1, 0.15) is 31.7 Å². The monoisotopic (exact) mass is 376 g/mol. The third-order valence-corrected chi connectivity index (χ3v) is 5.36. The number of likely N-dealkylation sites (tertiary alicyclic amines) is 1. The van der Waals surface area contributed by atoms with Crippen molar-refractivity contribution in [2.45, 2.75) is 26.2 Å². The summed E-state index contributed by atoms with van der Waals surface area (Å²) in [6.45, 7) is 4.72. The molecule has 1 aromatic carbocycles. The normalized spacial score (nSPS) is 20.1. The van der Waals surface area contributed by atoms with Gasteiger partial charge in [-0.2, -0.15) is 0 Å². The van der Waals surface area contributed by atoms with Crippen molar-refractivity contribution in [1.82, 2.24) is 9.80 Å². The number of ether oxygens (including phenoxy) is 2. The fourth-order valence-corrected chi connectivity index (χ4v) is 3.95. The summed E-state index contributed by atoms with van der Waals surface area (Å²) >= 11 is 0.993. The topological polar surface area (TPSA) is 59.1 Å². The Morgan fingerprint density at radius 1 is 1.15 bits per heavy atom. The lowest BCUT2D eigenvalue weighted by Gasteiger charge is -2.29. The molecule has 0 unspecified atom stereocenters. The van der Waals surface area contributed by atoms with Gasteiger partial charge in [-0.05, 0) is 68.4 Å². The van der Waals surface area contributed by atoms with Gasteiger partial charge >= 0.3 is 0 Å². The third kappa shape index (κ3) is 4.22. The van der Waals surface area contributed by atoms with Crippen molar-refractivity contribution >= 4 is 29.0 Å². The number of carbonyl (C=O) groups excluding carboxylic acids is 2. The Morgan fingerprint density at radius 2 is 1.92 bits per heavy atom. The number of rotatable bonds is 6. The molecule has 6 nitrogen and oxygen atoms in total. The summed E-state index contributed by atoms with van der Waals surface area (Å²) in [5.41, 5.74) is 0.800. The van der Waals surface area contributed by atoms with Crippen LogP contribution in [-0.2, 0) is 4.79 Å². The highest BCUT2D eigenvalue weighted by Crippen LogP contribution is 2.34. The van der Waals surface area contributed by atoms with Gasteiger partial charge in [-0.1, -0.05) is 12.5 Å². The number of thioether (sulfide) groups is 1. The number of nitrogens with zero attached hydrogens (tertiary/aromatic N) is 2. The van der Waals surface area contributed by atoms with Gasteiger partial charge in [0, 0.05) is 0 Å². The van der Waals surface area contributed by atoms with Crippen molar-refractivity contribution < 1.29 is 19.1 Å². The Bertz CT molecular complexity index is 713. The Hall–Kier alpha value is -1.99. The van der Waals surface area contributed by atoms with Crippen LogP contribution in [0.3, 0.4) is 0 Å². The summed E-state index contributed by atoms with van der Waals surface area (Å²) in [4.78, 5) is 28.9. The second kappa shape index (κ2) is 8.60. The minimum Gasteiger partial charge on any atom is -0.493 e. The maximum absolute atomic E-state index is 12.7. The maximum atomic E-state index is 12.7. The largest absolute Gasteiger partial charge is 0.493 e. The molecular weight excluding hydrogens is 352 g/mol. The summed E-state index contributed by atoms with van der Waals surface area (Å²) < 4.78 is 10.8. The van der Waals surface area contributed by atoms with E-state index in [4.69, 9.17) is 9.47 Å². The van der Waals surface area contributed by atoms with Crippen LogP contribution in [-0.4, -0.2) is 54.4 Å². The summed E-state index contributed by atoms with van der Waals surface area (Å²) in [6.07, 6.45) is 5.20. The predicted molar refractivity (Wildman–Crippen MR) is 102 cm³/mol. The number of imide groups is 1. The molecule has 1 aromatic rings. The molecule has 2 saturated heterocycles. The number of hydrogen-bond acceptors (Lipinski definition) is 6. The Balaban J connectivity index is 1.74. The average Bonchev–Trinajstić information content (AvgIpc) is 2.91. The van der Waals surface area contributed by atoms with E-state index in [2.05, 4.69) is 4.90 Å². The molecule has 26 heavy (non-hydrogen) atoms. The molecule has 0 radical (unpaired) electrons. The van der Waals surface area contributed by atoms with Gasteiger partial charge in [0.1, 0.15) is 0 Å². The van der Waals surface area contributed by atoms with E-state index in [1.165, 1.54) is 11.3 Å². The summed E-state index contributed by atoms with van der Waals surface area (Å²) in [6, 6.07) is 5.47. The van der Waals surface area contributed by atoms with E-state index in [1.807, 2.05) is 25.1 Å². The molecule has 0 aromatic heterocycles. The Morgan fingerprint density at radius 3 is 2.62 bits per heavy atom. The van der Waals surface area contributed by atoms with Crippen molar-refractivity contribution in [3.63, 3.8) is 0 Å². The van der Waals surface area contributed by atoms with E-state index in [9.17, 15) is 9.59 Å². The lowest BCUT2D eigenvalue weighted by atomic mass is 10.1. The van der Waals surface area contributed by atoms with Gasteiger partial charge < -0.3 is 9.47 Å². The van der Waals surface area contributed by atoms with Gasteiger partial charge in [-0.15, -0.1) is 0 Å². The first-order valence-corrected chi connectivity index (χ1v) is 9.72. The lowest BCUT2D eigenvalue weighted by Crippen LogP contribution is -2.42. The summed E-state index contributed by atoms with van der Waals surface area (Å²) in [5.74, 6) is 1.04. The fourth-order valence-electron chi connectivity index (χ4n) is 3.12. The van der Waals surface area contributed by atoms with Crippen molar-refractivity contribution in [1.29, 1.82) is 0 Å². The van der Waals surface area contributed by atoms with Crippen molar-refractivity contribution in [3.05, 3.63) is 28.7 Å². The van der Waals surface area contributed by atoms with E-state index < -0.39 is 0 Å². The zero-order valence-electron chi connectivity index (χ0n) is 15.2. The van der Waals surface area contributed by atoms with Gasteiger partial charge in [0.15, 0.2) is 11.5 Å². The highest BCUT2D eigenvalue weighted by molar-refractivity contribution is 8.18. The van der Waals surface area contributed by atoms with Crippen LogP contribution in [0, 0.1) is 0 Å². The van der Waals surface area contributed by atoms with Crippen LogP contribution >= 0.6 is 11.8 Å². The number of hydrogen-bond donors (Lipinski definition) is 0. The van der Waals surface area contributed by atoms with Gasteiger partial charge in [0.2, 0.25) is 0 Å². The van der Waals surface area contributed by atoms with Crippen molar-refractivity contribution in [2.24, 2.45) is 0 Å². The molecule has 140 valence electrons. The van der Waals surface area contributed by atoms with Crippen LogP contribution in [0.15, 0.2) is 23.1 Å². The molecule has 0 atom stereocenters. The van der Waals surface area contributed by atoms with E-state index >= 15 is 0 Å². The van der Waals surface area contributed by atoms with E-state index in [0.29, 0.717) is 29.7 Å². The van der Waals surface area contributed by atoms with Crippen LogP contribution in [0.5, 0.6) is 11.5 Å². The van der Waals surface area contributed by atoms with E-state index in [0.717, 1.165) is 43.3 Å². The maximum Gasteiger partial charge on any atom is 0.294 e. The molecule has 3 rings (SSSR count). The minimum absolute atomic E-state index is 0.204. The van der Waals surface area contributed by atoms with Gasteiger partial charge in [0.05, 0.1) is 25.3 Å². The number of methoxy groups -OCH3 is 1. The second-order valence-corrected chi connectivity index (χ2v) is 7.27. The smallest absolute Gasteiger partial charge is 0.294 e. The first-order valence-electron chi connectivity index (χ1n) is 8.91. The molecule has 7 heteroatoms. The van der Waals surface area contributed by atoms with E-state index in [1.54, 1.807) is 13.2 Å². The Labute approximate surface area is 158 Å². The zero-order valence-corrected chi connectivity index (χ0v) is 16.0. The molecule has 2 aliphatic rings. The summed E-state index contributed by atoms with van der Waals surface area (Å²) in [5, 5.41) is -0.204. The van der Waals surface area contributed by atoms with E-state index in [-0.39, 0.29) is 11.1 Å². The average molecular weight is 376 g/mol. The predicted octanol–water partition coefficient (Wildman–Crippen LogP) is 3.57. The number of benzene rings is 1. The molecule has 2 aliphatic heterocycles. The standard InChI is InChI=1S/C19H24N2O4S/c1-3-25-15-8-7-14(11-16(15)24-2)12-17-18(22)21(19(23)26-17)13-20-9-5-4-6-10-20/h7-8,11-12H,3-6,9-10,13H2,1-2H3/b17-12+. The third-order valence-electron chi connectivity index (χ3n) is 4.45. The fraction of sp³-hybridized carbons (Fsp3) is 0.474. The second-order valence-electron chi connectivity index (χ2n) is 6.27. The molecule has 0 N–H and O–H groups in total. The highest BCUT2D eigenvalue weighted by atomic mass is 32.2. The van der Waals surface area contributed by atoms with Crippen LogP contribution < -0.4 is 9.47 Å². The molecule has 0 bridgehead atoms. The molecular formula is C19H24N2O4S. The highest BCUT2D eigenvalue weighted by Gasteiger charge is 2.36. The van der Waals surface area contributed by atoms with Crippen LogP contribution in [0.25, 0.3) is 6.08 Å². The molecule has 0 aliphatic carbocycles. The van der Waals surface area contributed by atoms with Gasteiger partial charge in [-0.25, -0.2) is 0 Å². The SMILES string of the molecule is CCOc1ccc(/C=C2/SC(=O)N(CN3CCCCC3)C2=O)cc1OC. The molecule has 2 fully saturated rings. The van der Waals surface area contributed by atoms with Gasteiger partial charge in [0.25, 0.3) is 11.1 Å². The minimum atomic E-state index is -0.224. The molecule has 2 heterocycles. The van der Waals surface area contributed by atoms with Crippen molar-refractivity contribution in [3.8, 4) is 11.5 Å². The molecule has 2 amide bonds. The Kier molecular flexibility index (Phi) is 6.21. The van der Waals surface area contributed by atoms with Crippen molar-refractivity contribution in [2.75, 3.05) is 33.5 Å². The quantitative estimate of drug-likeness (QED) is 0.708. The first-order chi connectivity index (χ1) is 12.6. The number of amides is 2. The number of carbonyl (C=O) groups is 2. The van der Waals surface area contributed by atoms with Crippen LogP contribution in [0.4, 0.5) is 4.79 Å². The molecule has 0 saturated carbocycles. The number of piperidine rings is 1.